The average molecular weight is 257 g/mol. The fourth-order valence-corrected chi connectivity index (χ4v) is 1.84. The lowest BCUT2D eigenvalue weighted by Crippen LogP contribution is -2.23. The Hall–Kier alpha value is -2.49. The first kappa shape index (κ1) is 13.0. The standard InChI is InChI=1S/C15H14O4/c1-18-11-5-3-10(4-6-11)14-9-12(19-2)7-8-13(14)15(16)17/h3-9H,1-2H3,(H,16,17)/p-1. The molecule has 0 saturated carbocycles. The van der Waals surface area contributed by atoms with E-state index in [2.05, 4.69) is 0 Å². The lowest BCUT2D eigenvalue weighted by Gasteiger charge is -2.12. The Morgan fingerprint density at radius 3 is 2.05 bits per heavy atom. The summed E-state index contributed by atoms with van der Waals surface area (Å²) in [5, 5.41) is 11.1. The lowest BCUT2D eigenvalue weighted by molar-refractivity contribution is -0.254. The summed E-state index contributed by atoms with van der Waals surface area (Å²) in [6.45, 7) is 0. The van der Waals surface area contributed by atoms with Crippen LogP contribution in [0.2, 0.25) is 0 Å². The van der Waals surface area contributed by atoms with Crippen molar-refractivity contribution in [2.45, 2.75) is 0 Å². The molecule has 4 nitrogen and oxygen atoms in total. The number of ether oxygens (including phenoxy) is 2. The Labute approximate surface area is 111 Å². The molecule has 2 aromatic rings. The molecule has 0 fully saturated rings. The third-order valence-corrected chi connectivity index (χ3v) is 2.85. The highest BCUT2D eigenvalue weighted by Gasteiger charge is 2.08. The summed E-state index contributed by atoms with van der Waals surface area (Å²) in [5.41, 5.74) is 1.45. The summed E-state index contributed by atoms with van der Waals surface area (Å²) in [4.78, 5) is 11.1. The number of hydrogen-bond donors (Lipinski definition) is 0. The van der Waals surface area contributed by atoms with Gasteiger partial charge in [0.1, 0.15) is 11.5 Å². The van der Waals surface area contributed by atoms with E-state index >= 15 is 0 Å². The number of carbonyl (C=O) groups is 1. The zero-order valence-corrected chi connectivity index (χ0v) is 10.7. The predicted molar refractivity (Wildman–Crippen MR) is 69.3 cm³/mol. The van der Waals surface area contributed by atoms with Crippen molar-refractivity contribution in [3.05, 3.63) is 48.0 Å². The molecule has 0 aliphatic carbocycles. The van der Waals surface area contributed by atoms with Crippen molar-refractivity contribution in [1.82, 2.24) is 0 Å². The van der Waals surface area contributed by atoms with Gasteiger partial charge in [0.2, 0.25) is 0 Å². The predicted octanol–water partition coefficient (Wildman–Crippen LogP) is 1.73. The van der Waals surface area contributed by atoms with Gasteiger partial charge < -0.3 is 19.4 Å². The van der Waals surface area contributed by atoms with Crippen molar-refractivity contribution in [2.24, 2.45) is 0 Å². The third-order valence-electron chi connectivity index (χ3n) is 2.85. The number of hydrogen-bond acceptors (Lipinski definition) is 4. The van der Waals surface area contributed by atoms with Crippen molar-refractivity contribution >= 4 is 5.97 Å². The Bertz CT molecular complexity index is 588. The Morgan fingerprint density at radius 2 is 1.53 bits per heavy atom. The van der Waals surface area contributed by atoms with Crippen LogP contribution >= 0.6 is 0 Å². The van der Waals surface area contributed by atoms with Crippen LogP contribution in [0.3, 0.4) is 0 Å². The van der Waals surface area contributed by atoms with E-state index < -0.39 is 5.97 Å². The van der Waals surface area contributed by atoms with Crippen LogP contribution in [0.25, 0.3) is 11.1 Å². The molecule has 0 heterocycles. The van der Waals surface area contributed by atoms with Crippen molar-refractivity contribution < 1.29 is 19.4 Å². The highest BCUT2D eigenvalue weighted by Crippen LogP contribution is 2.29. The fourth-order valence-electron chi connectivity index (χ4n) is 1.84. The van der Waals surface area contributed by atoms with Gasteiger partial charge in [-0.2, -0.15) is 0 Å². The molecule has 0 aliphatic heterocycles. The number of carbonyl (C=O) groups excluding carboxylic acids is 1. The van der Waals surface area contributed by atoms with Crippen molar-refractivity contribution in [2.75, 3.05) is 14.2 Å². The highest BCUT2D eigenvalue weighted by atomic mass is 16.5. The molecule has 0 amide bonds. The van der Waals surface area contributed by atoms with Gasteiger partial charge in [-0.25, -0.2) is 0 Å². The summed E-state index contributed by atoms with van der Waals surface area (Å²) in [6.07, 6.45) is 0. The topological polar surface area (TPSA) is 58.6 Å². The smallest absolute Gasteiger partial charge is 0.119 e. The van der Waals surface area contributed by atoms with Crippen LogP contribution in [0.4, 0.5) is 0 Å². The minimum absolute atomic E-state index is 0.131. The molecule has 0 unspecified atom stereocenters. The van der Waals surface area contributed by atoms with Crippen LogP contribution in [0.5, 0.6) is 11.5 Å². The molecule has 0 saturated heterocycles. The van der Waals surface area contributed by atoms with Gasteiger partial charge in [0.25, 0.3) is 0 Å². The van der Waals surface area contributed by atoms with Crippen LogP contribution in [0.1, 0.15) is 10.4 Å². The monoisotopic (exact) mass is 257 g/mol. The summed E-state index contributed by atoms with van der Waals surface area (Å²) in [6, 6.07) is 11.9. The average Bonchev–Trinajstić information content (AvgIpc) is 2.46. The molecule has 0 aliphatic rings. The van der Waals surface area contributed by atoms with Gasteiger partial charge in [0, 0.05) is 5.56 Å². The Morgan fingerprint density at radius 1 is 0.947 bits per heavy atom. The molecule has 2 aromatic carbocycles. The van der Waals surface area contributed by atoms with Crippen molar-refractivity contribution in [3.63, 3.8) is 0 Å². The number of carboxylic acids is 1. The third kappa shape index (κ3) is 2.68. The first-order chi connectivity index (χ1) is 9.15. The van der Waals surface area contributed by atoms with E-state index in [1.165, 1.54) is 13.2 Å². The van der Waals surface area contributed by atoms with Crippen LogP contribution in [-0.2, 0) is 0 Å². The molecular weight excluding hydrogens is 244 g/mol. The number of aromatic carboxylic acids is 1. The maximum Gasteiger partial charge on any atom is 0.119 e. The van der Waals surface area contributed by atoms with E-state index in [0.29, 0.717) is 17.1 Å². The quantitative estimate of drug-likeness (QED) is 0.837. The molecule has 4 heteroatoms. The summed E-state index contributed by atoms with van der Waals surface area (Å²) >= 11 is 0. The number of rotatable bonds is 4. The SMILES string of the molecule is COc1ccc(-c2cc(OC)ccc2C(=O)[O-])cc1. The minimum atomic E-state index is -1.21. The Balaban J connectivity index is 2.54. The van der Waals surface area contributed by atoms with Crippen LogP contribution < -0.4 is 14.6 Å². The lowest BCUT2D eigenvalue weighted by atomic mass is 9.99. The van der Waals surface area contributed by atoms with Gasteiger partial charge in [-0.15, -0.1) is 0 Å². The van der Waals surface area contributed by atoms with Crippen LogP contribution in [-0.4, -0.2) is 20.2 Å². The largest absolute Gasteiger partial charge is 0.545 e. The second kappa shape index (κ2) is 5.44. The zero-order valence-electron chi connectivity index (χ0n) is 10.7. The summed E-state index contributed by atoms with van der Waals surface area (Å²) < 4.78 is 10.2. The van der Waals surface area contributed by atoms with Crippen molar-refractivity contribution in [3.8, 4) is 22.6 Å². The first-order valence-electron chi connectivity index (χ1n) is 5.69. The van der Waals surface area contributed by atoms with E-state index in [1.807, 2.05) is 0 Å². The van der Waals surface area contributed by atoms with E-state index in [4.69, 9.17) is 9.47 Å². The second-order valence-electron chi connectivity index (χ2n) is 3.93. The van der Waals surface area contributed by atoms with Gasteiger partial charge in [0.15, 0.2) is 0 Å². The van der Waals surface area contributed by atoms with E-state index in [9.17, 15) is 9.90 Å². The number of benzene rings is 2. The molecular formula is C15H13O4-. The molecule has 2 rings (SSSR count). The first-order valence-corrected chi connectivity index (χ1v) is 5.69. The molecule has 0 bridgehead atoms. The molecule has 0 radical (unpaired) electrons. The van der Waals surface area contributed by atoms with E-state index in [-0.39, 0.29) is 5.56 Å². The number of methoxy groups -OCH3 is 2. The van der Waals surface area contributed by atoms with E-state index in [1.54, 1.807) is 43.5 Å². The number of carboxylic acid groups (broad SMARTS) is 1. The molecule has 0 atom stereocenters. The maximum atomic E-state index is 11.1. The highest BCUT2D eigenvalue weighted by molar-refractivity contribution is 5.95. The van der Waals surface area contributed by atoms with Gasteiger partial charge >= 0.3 is 0 Å². The van der Waals surface area contributed by atoms with Gasteiger partial charge in [-0.3, -0.25) is 0 Å². The second-order valence-corrected chi connectivity index (χ2v) is 3.93. The summed E-state index contributed by atoms with van der Waals surface area (Å²) in [5.74, 6) is 0.0888. The molecule has 0 aromatic heterocycles. The Kier molecular flexibility index (Phi) is 3.71. The van der Waals surface area contributed by atoms with Crippen LogP contribution in [0.15, 0.2) is 42.5 Å². The van der Waals surface area contributed by atoms with Gasteiger partial charge in [-0.05, 0) is 41.5 Å². The summed E-state index contributed by atoms with van der Waals surface area (Å²) in [7, 11) is 3.11. The van der Waals surface area contributed by atoms with Gasteiger partial charge in [-0.1, -0.05) is 12.1 Å². The maximum absolute atomic E-state index is 11.1. The molecule has 0 spiro atoms. The van der Waals surface area contributed by atoms with Crippen molar-refractivity contribution in [1.29, 1.82) is 0 Å². The zero-order chi connectivity index (χ0) is 13.8. The fraction of sp³-hybridized carbons (Fsp3) is 0.133. The van der Waals surface area contributed by atoms with Gasteiger partial charge in [0.05, 0.1) is 20.2 Å². The molecule has 19 heavy (non-hydrogen) atoms. The normalized spacial score (nSPS) is 10.0. The van der Waals surface area contributed by atoms with E-state index in [0.717, 1.165) is 5.56 Å². The molecule has 0 N–H and O–H groups in total. The van der Waals surface area contributed by atoms with Crippen LogP contribution in [0, 0.1) is 0 Å². The molecule has 98 valence electrons. The minimum Gasteiger partial charge on any atom is -0.545 e.